The lowest BCUT2D eigenvalue weighted by molar-refractivity contribution is 0.0963. The van der Waals surface area contributed by atoms with Crippen LogP contribution in [0.1, 0.15) is 27.0 Å². The highest BCUT2D eigenvalue weighted by Gasteiger charge is 2.03. The lowest BCUT2D eigenvalue weighted by Crippen LogP contribution is -2.18. The predicted molar refractivity (Wildman–Crippen MR) is 81.5 cm³/mol. The van der Waals surface area contributed by atoms with Gasteiger partial charge in [-0.25, -0.2) is 4.39 Å². The molecule has 4 heteroatoms. The molecular weight excluding hydrogens is 267 g/mol. The second-order valence-electron chi connectivity index (χ2n) is 4.95. The first-order valence-corrected chi connectivity index (χ1v) is 6.87. The minimum atomic E-state index is -0.215. The summed E-state index contributed by atoms with van der Waals surface area (Å²) in [4.78, 5) is 11.4. The predicted octanol–water partition coefficient (Wildman–Crippen LogP) is 2.78. The first kappa shape index (κ1) is 15.2. The average molecular weight is 286 g/mol. The maximum absolute atomic E-state index is 13.2. The van der Waals surface area contributed by atoms with Crippen molar-refractivity contribution in [2.24, 2.45) is 0 Å². The van der Waals surface area contributed by atoms with Crippen LogP contribution in [-0.4, -0.2) is 13.0 Å². The Bertz CT molecular complexity index is 623. The van der Waals surface area contributed by atoms with E-state index in [0.29, 0.717) is 18.7 Å². The van der Waals surface area contributed by atoms with E-state index >= 15 is 0 Å². The van der Waals surface area contributed by atoms with E-state index in [0.717, 1.165) is 16.7 Å². The number of rotatable bonds is 5. The number of carbonyl (C=O) groups is 1. The number of benzene rings is 2. The van der Waals surface area contributed by atoms with Crippen LogP contribution in [0.2, 0.25) is 0 Å². The Morgan fingerprint density at radius 1 is 1.10 bits per heavy atom. The third-order valence-corrected chi connectivity index (χ3v) is 3.40. The van der Waals surface area contributed by atoms with Crippen LogP contribution in [0.4, 0.5) is 4.39 Å². The molecule has 0 aliphatic carbocycles. The van der Waals surface area contributed by atoms with E-state index in [4.69, 9.17) is 0 Å². The molecule has 110 valence electrons. The van der Waals surface area contributed by atoms with Gasteiger partial charge in [-0.05, 0) is 47.9 Å². The highest BCUT2D eigenvalue weighted by molar-refractivity contribution is 5.93. The van der Waals surface area contributed by atoms with E-state index in [2.05, 4.69) is 10.6 Å². The van der Waals surface area contributed by atoms with Gasteiger partial charge in [0.25, 0.3) is 5.91 Å². The molecule has 0 aliphatic rings. The van der Waals surface area contributed by atoms with Crippen LogP contribution in [-0.2, 0) is 13.1 Å². The maximum Gasteiger partial charge on any atom is 0.251 e. The van der Waals surface area contributed by atoms with Gasteiger partial charge in [-0.15, -0.1) is 0 Å². The second kappa shape index (κ2) is 6.99. The Morgan fingerprint density at radius 3 is 2.48 bits per heavy atom. The number of carbonyl (C=O) groups excluding carboxylic acids is 1. The Labute approximate surface area is 124 Å². The molecule has 3 nitrogen and oxygen atoms in total. The van der Waals surface area contributed by atoms with Gasteiger partial charge < -0.3 is 10.6 Å². The van der Waals surface area contributed by atoms with Crippen LogP contribution in [0.25, 0.3) is 0 Å². The first-order valence-electron chi connectivity index (χ1n) is 6.87. The van der Waals surface area contributed by atoms with E-state index < -0.39 is 0 Å². The quantitative estimate of drug-likeness (QED) is 0.887. The zero-order valence-electron chi connectivity index (χ0n) is 12.2. The van der Waals surface area contributed by atoms with Crippen molar-refractivity contribution in [3.05, 3.63) is 70.5 Å². The number of hydrogen-bond donors (Lipinski definition) is 2. The Balaban J connectivity index is 1.91. The zero-order chi connectivity index (χ0) is 15.2. The minimum absolute atomic E-state index is 0.0927. The molecule has 0 unspecified atom stereocenters. The monoisotopic (exact) mass is 286 g/mol. The van der Waals surface area contributed by atoms with E-state index in [1.54, 1.807) is 31.3 Å². The molecule has 2 rings (SSSR count). The van der Waals surface area contributed by atoms with Gasteiger partial charge in [0.1, 0.15) is 5.82 Å². The normalized spacial score (nSPS) is 10.4. The third kappa shape index (κ3) is 4.13. The van der Waals surface area contributed by atoms with Crippen molar-refractivity contribution in [2.45, 2.75) is 20.0 Å². The molecule has 0 radical (unpaired) electrons. The van der Waals surface area contributed by atoms with Crippen molar-refractivity contribution < 1.29 is 9.18 Å². The number of amides is 1. The third-order valence-electron chi connectivity index (χ3n) is 3.40. The molecule has 2 N–H and O–H groups in total. The van der Waals surface area contributed by atoms with Crippen molar-refractivity contribution in [2.75, 3.05) is 7.05 Å². The van der Waals surface area contributed by atoms with Crippen LogP contribution >= 0.6 is 0 Å². The van der Waals surface area contributed by atoms with Crippen molar-refractivity contribution in [1.82, 2.24) is 10.6 Å². The number of hydrogen-bond acceptors (Lipinski definition) is 2. The van der Waals surface area contributed by atoms with Gasteiger partial charge in [0.15, 0.2) is 0 Å². The van der Waals surface area contributed by atoms with Gasteiger partial charge in [0.05, 0.1) is 0 Å². The first-order chi connectivity index (χ1) is 10.1. The molecule has 0 spiro atoms. The molecule has 0 heterocycles. The molecule has 2 aromatic carbocycles. The summed E-state index contributed by atoms with van der Waals surface area (Å²) in [5.41, 5.74) is 3.75. The van der Waals surface area contributed by atoms with Crippen molar-refractivity contribution in [3.8, 4) is 0 Å². The molecule has 1 amide bonds. The van der Waals surface area contributed by atoms with E-state index in [-0.39, 0.29) is 11.7 Å². The standard InChI is InChI=1S/C17H19FN2O/c1-12-3-8-16(18)9-15(12)11-20-10-13-4-6-14(7-5-13)17(21)19-2/h3-9,20H,10-11H2,1-2H3,(H,19,21). The van der Waals surface area contributed by atoms with Crippen LogP contribution in [0.3, 0.4) is 0 Å². The summed E-state index contributed by atoms with van der Waals surface area (Å²) in [7, 11) is 1.61. The molecule has 0 fully saturated rings. The summed E-state index contributed by atoms with van der Waals surface area (Å²) in [6.07, 6.45) is 0. The van der Waals surface area contributed by atoms with Gasteiger partial charge in [-0.2, -0.15) is 0 Å². The van der Waals surface area contributed by atoms with Crippen LogP contribution < -0.4 is 10.6 Å². The Morgan fingerprint density at radius 2 is 1.81 bits per heavy atom. The molecule has 0 bridgehead atoms. The summed E-state index contributed by atoms with van der Waals surface area (Å²) >= 11 is 0. The topological polar surface area (TPSA) is 41.1 Å². The largest absolute Gasteiger partial charge is 0.355 e. The van der Waals surface area contributed by atoms with Crippen LogP contribution in [0.15, 0.2) is 42.5 Å². The summed E-state index contributed by atoms with van der Waals surface area (Å²) in [6, 6.07) is 12.2. The summed E-state index contributed by atoms with van der Waals surface area (Å²) in [6.45, 7) is 3.25. The molecular formula is C17H19FN2O. The fourth-order valence-electron chi connectivity index (χ4n) is 2.09. The molecule has 0 aromatic heterocycles. The molecule has 2 aromatic rings. The smallest absolute Gasteiger partial charge is 0.251 e. The molecule has 21 heavy (non-hydrogen) atoms. The van der Waals surface area contributed by atoms with E-state index in [9.17, 15) is 9.18 Å². The minimum Gasteiger partial charge on any atom is -0.355 e. The fourth-order valence-corrected chi connectivity index (χ4v) is 2.09. The highest BCUT2D eigenvalue weighted by Crippen LogP contribution is 2.10. The zero-order valence-corrected chi connectivity index (χ0v) is 12.2. The molecule has 0 atom stereocenters. The Kier molecular flexibility index (Phi) is 5.06. The van der Waals surface area contributed by atoms with Crippen LogP contribution in [0.5, 0.6) is 0 Å². The lowest BCUT2D eigenvalue weighted by Gasteiger charge is -2.08. The SMILES string of the molecule is CNC(=O)c1ccc(CNCc2cc(F)ccc2C)cc1. The van der Waals surface area contributed by atoms with Gasteiger partial charge >= 0.3 is 0 Å². The number of nitrogens with one attached hydrogen (secondary N) is 2. The number of halogens is 1. The van der Waals surface area contributed by atoms with Crippen molar-refractivity contribution in [3.63, 3.8) is 0 Å². The van der Waals surface area contributed by atoms with Gasteiger partial charge in [-0.3, -0.25) is 4.79 Å². The van der Waals surface area contributed by atoms with Crippen molar-refractivity contribution in [1.29, 1.82) is 0 Å². The Hall–Kier alpha value is -2.20. The fraction of sp³-hybridized carbons (Fsp3) is 0.235. The van der Waals surface area contributed by atoms with Gasteiger partial charge in [-0.1, -0.05) is 18.2 Å². The molecule has 0 saturated carbocycles. The van der Waals surface area contributed by atoms with Crippen LogP contribution in [0, 0.1) is 12.7 Å². The molecule has 0 aliphatic heterocycles. The molecule has 0 saturated heterocycles. The van der Waals surface area contributed by atoms with E-state index in [1.165, 1.54) is 6.07 Å². The summed E-state index contributed by atoms with van der Waals surface area (Å²) < 4.78 is 13.2. The van der Waals surface area contributed by atoms with Crippen molar-refractivity contribution >= 4 is 5.91 Å². The van der Waals surface area contributed by atoms with Gasteiger partial charge in [0.2, 0.25) is 0 Å². The van der Waals surface area contributed by atoms with Gasteiger partial charge in [0, 0.05) is 25.7 Å². The summed E-state index contributed by atoms with van der Waals surface area (Å²) in [5.74, 6) is -0.308. The average Bonchev–Trinajstić information content (AvgIpc) is 2.50. The lowest BCUT2D eigenvalue weighted by atomic mass is 10.1. The number of aryl methyl sites for hydroxylation is 1. The second-order valence-corrected chi connectivity index (χ2v) is 4.95. The summed E-state index contributed by atoms with van der Waals surface area (Å²) in [5, 5.41) is 5.87. The highest BCUT2D eigenvalue weighted by atomic mass is 19.1. The van der Waals surface area contributed by atoms with E-state index in [1.807, 2.05) is 19.1 Å². The maximum atomic E-state index is 13.2.